The van der Waals surface area contributed by atoms with E-state index in [4.69, 9.17) is 66.6 Å². The zero-order chi connectivity index (χ0) is 38.5. The molecule has 1 aromatic rings. The molecule has 6 rings (SSSR count). The average Bonchev–Trinajstić information content (AvgIpc) is 3.43. The highest BCUT2D eigenvalue weighted by atomic mass is 16.8. The van der Waals surface area contributed by atoms with Crippen LogP contribution in [0.5, 0.6) is 5.75 Å². The lowest BCUT2D eigenvalue weighted by Crippen LogP contribution is -2.69. The average molecular weight is 764 g/mol. The number of aliphatic hydroxyl groups excluding tert-OH is 6. The van der Waals surface area contributed by atoms with E-state index in [0.29, 0.717) is 0 Å². The Kier molecular flexibility index (Phi) is 12.5. The fourth-order valence-corrected chi connectivity index (χ4v) is 7.25. The van der Waals surface area contributed by atoms with Crippen LogP contribution in [0.1, 0.15) is 28.6 Å². The largest absolute Gasteiger partial charge is 0.507 e. The van der Waals surface area contributed by atoms with Gasteiger partial charge in [0.1, 0.15) is 78.5 Å². The second-order valence-corrected chi connectivity index (χ2v) is 13.9. The van der Waals surface area contributed by atoms with Crippen molar-refractivity contribution in [2.45, 2.75) is 129 Å². The number of aromatic carboxylic acids is 1. The van der Waals surface area contributed by atoms with Crippen LogP contribution in [-0.4, -0.2) is 183 Å². The van der Waals surface area contributed by atoms with Gasteiger partial charge in [-0.05, 0) is 18.6 Å². The van der Waals surface area contributed by atoms with Crippen LogP contribution in [-0.2, 0) is 37.9 Å². The molecule has 1 saturated carbocycles. The maximum Gasteiger partial charge on any atom is 0.339 e. The van der Waals surface area contributed by atoms with Gasteiger partial charge in [0.05, 0.1) is 31.4 Å². The van der Waals surface area contributed by atoms with Gasteiger partial charge in [0, 0.05) is 24.2 Å². The summed E-state index contributed by atoms with van der Waals surface area (Å²) >= 11 is 0. The predicted octanol–water partition coefficient (Wildman–Crippen LogP) is -6.70. The Morgan fingerprint density at radius 1 is 0.755 bits per heavy atom. The van der Waals surface area contributed by atoms with E-state index < -0.39 is 141 Å². The Morgan fingerprint density at radius 3 is 2.08 bits per heavy atom. The first kappa shape index (κ1) is 40.4. The zero-order valence-electron chi connectivity index (χ0n) is 28.2. The number of hydrogen-bond acceptors (Lipinski definition) is 21. The van der Waals surface area contributed by atoms with Crippen molar-refractivity contribution in [2.24, 2.45) is 28.7 Å². The van der Waals surface area contributed by atoms with Crippen LogP contribution in [0.15, 0.2) is 18.2 Å². The molecular weight excluding hydrogens is 714 g/mol. The highest BCUT2D eigenvalue weighted by molar-refractivity contribution is 5.90. The molecule has 1 aliphatic carbocycles. The van der Waals surface area contributed by atoms with Gasteiger partial charge in [-0.25, -0.2) is 4.79 Å². The Bertz CT molecular complexity index is 1420. The van der Waals surface area contributed by atoms with E-state index in [1.54, 1.807) is 0 Å². The fourth-order valence-electron chi connectivity index (χ4n) is 7.25. The van der Waals surface area contributed by atoms with Crippen molar-refractivity contribution in [3.05, 3.63) is 29.3 Å². The van der Waals surface area contributed by atoms with Crippen molar-refractivity contribution < 1.29 is 83.5 Å². The zero-order valence-corrected chi connectivity index (χ0v) is 28.2. The van der Waals surface area contributed by atoms with Gasteiger partial charge in [0.2, 0.25) is 0 Å². The lowest BCUT2D eigenvalue weighted by Gasteiger charge is -2.49. The highest BCUT2D eigenvalue weighted by Crippen LogP contribution is 2.38. The summed E-state index contributed by atoms with van der Waals surface area (Å²) in [6.45, 7) is -1.02. The summed E-state index contributed by atoms with van der Waals surface area (Å²) in [4.78, 5) is 11.5. The van der Waals surface area contributed by atoms with Crippen molar-refractivity contribution in [2.75, 3.05) is 19.8 Å². The Balaban J connectivity index is 1.14. The third-order valence-corrected chi connectivity index (χ3v) is 10.3. The molecule has 5 aliphatic rings. The third-order valence-electron chi connectivity index (χ3n) is 10.3. The first-order chi connectivity index (χ1) is 25.1. The van der Waals surface area contributed by atoms with E-state index in [1.165, 1.54) is 18.2 Å². The second kappa shape index (κ2) is 16.4. The van der Waals surface area contributed by atoms with Crippen molar-refractivity contribution >= 4 is 5.97 Å². The molecule has 1 aromatic carbocycles. The van der Waals surface area contributed by atoms with E-state index in [-0.39, 0.29) is 30.7 Å². The van der Waals surface area contributed by atoms with Gasteiger partial charge < -0.3 is 107 Å². The maximum absolute atomic E-state index is 11.5. The number of carbonyl (C=O) groups is 1. The van der Waals surface area contributed by atoms with Crippen molar-refractivity contribution in [1.29, 1.82) is 0 Å². The molecule has 0 unspecified atom stereocenters. The van der Waals surface area contributed by atoms with E-state index >= 15 is 0 Å². The molecule has 0 radical (unpaired) electrons. The number of phenols is 1. The molecule has 0 spiro atoms. The predicted molar refractivity (Wildman–Crippen MR) is 172 cm³/mol. The molecule has 4 aliphatic heterocycles. The summed E-state index contributed by atoms with van der Waals surface area (Å²) in [6.07, 6.45) is -21.0. The topological polar surface area (TPSA) is 383 Å². The molecule has 300 valence electrons. The number of ether oxygens (including phenoxy) is 8. The fraction of sp³-hybridized carbons (Fsp3) is 0.774. The van der Waals surface area contributed by atoms with Crippen molar-refractivity contribution in [3.8, 4) is 5.75 Å². The van der Waals surface area contributed by atoms with Crippen molar-refractivity contribution in [1.82, 2.24) is 0 Å². The number of nitrogens with two attached hydrogens (primary N) is 5. The number of aromatic hydroxyl groups is 1. The minimum atomic E-state index is -1.65. The molecule has 4 saturated heterocycles. The summed E-state index contributed by atoms with van der Waals surface area (Å²) in [6, 6.07) is -0.596. The molecule has 22 heteroatoms. The molecule has 0 aromatic heterocycles. The second-order valence-electron chi connectivity index (χ2n) is 13.9. The number of carboxylic acid groups (broad SMARTS) is 1. The Labute approximate surface area is 302 Å². The van der Waals surface area contributed by atoms with E-state index in [2.05, 4.69) is 0 Å². The molecule has 0 amide bonds. The first-order valence-corrected chi connectivity index (χ1v) is 17.1. The minimum Gasteiger partial charge on any atom is -0.507 e. The molecule has 22 nitrogen and oxygen atoms in total. The standard InChI is InChI=1S/C31H49N5O17/c32-5-13-19(40)20(41)16(35)29(47-13)52-24-14(6-37)48-31(22(24)43)53-26-18(39)10(33)4-11(34)23(26)50-30-17(36)21(42)25-15(49-30)7-46-28(51-25)8-1-2-12(38)9(3-8)27(44)45/h1-3,10-11,13-26,28-31,37-43H,4-7,32-36H2,(H,44,45)/t10-,11+,13+,14-,15-,16-,17-,18+,19-,20-,21-,22-,23-,24-,25-,26-,28-,29-,30-,31+/m1/s1. The van der Waals surface area contributed by atoms with Gasteiger partial charge in [0.15, 0.2) is 25.2 Å². The Morgan fingerprint density at radius 2 is 1.40 bits per heavy atom. The van der Waals surface area contributed by atoms with Gasteiger partial charge in [0.25, 0.3) is 0 Å². The molecule has 0 bridgehead atoms. The highest BCUT2D eigenvalue weighted by Gasteiger charge is 2.55. The van der Waals surface area contributed by atoms with Crippen LogP contribution < -0.4 is 28.7 Å². The quantitative estimate of drug-likeness (QED) is 0.105. The number of rotatable bonds is 10. The molecule has 18 N–H and O–H groups in total. The van der Waals surface area contributed by atoms with Gasteiger partial charge in [-0.1, -0.05) is 6.07 Å². The number of fused-ring (bicyclic) bond motifs is 1. The van der Waals surface area contributed by atoms with Crippen LogP contribution in [0.2, 0.25) is 0 Å². The van der Waals surface area contributed by atoms with Crippen LogP contribution in [0, 0.1) is 0 Å². The lowest BCUT2D eigenvalue weighted by atomic mass is 9.84. The van der Waals surface area contributed by atoms with Gasteiger partial charge in [-0.3, -0.25) is 0 Å². The normalized spacial score (nSPS) is 47.6. The monoisotopic (exact) mass is 763 g/mol. The number of aliphatic hydroxyl groups is 6. The number of hydrogen-bond donors (Lipinski definition) is 13. The summed E-state index contributed by atoms with van der Waals surface area (Å²) in [7, 11) is 0. The summed E-state index contributed by atoms with van der Waals surface area (Å²) in [5.41, 5.74) is 30.5. The molecule has 4 heterocycles. The lowest BCUT2D eigenvalue weighted by molar-refractivity contribution is -0.356. The smallest absolute Gasteiger partial charge is 0.339 e. The maximum atomic E-state index is 11.5. The SMILES string of the molecule is NC[C@@H]1O[C@H](O[C@H]2[C@@H](O)[C@H](O[C@@H]3[C@@H](O)[C@H](N)C[C@H](N)[C@H]3O[C@H]3O[C@@H]4CO[C@@H](c5ccc(O)c(C(=O)O)c5)O[C@H]4[C@H](O)[C@H]3N)O[C@@H]2CO)[C@H](N)[C@@H](O)[C@@H]1O. The summed E-state index contributed by atoms with van der Waals surface area (Å²) in [5, 5.41) is 83.6. The van der Waals surface area contributed by atoms with E-state index in [0.717, 1.165) is 0 Å². The summed E-state index contributed by atoms with van der Waals surface area (Å²) in [5.74, 6) is -1.82. The van der Waals surface area contributed by atoms with Crippen molar-refractivity contribution in [3.63, 3.8) is 0 Å². The molecule has 53 heavy (non-hydrogen) atoms. The molecule has 20 atom stereocenters. The van der Waals surface area contributed by atoms with Crippen LogP contribution in [0.3, 0.4) is 0 Å². The Hall–Kier alpha value is -2.27. The van der Waals surface area contributed by atoms with E-state index in [1.807, 2.05) is 0 Å². The van der Waals surface area contributed by atoms with E-state index in [9.17, 15) is 45.6 Å². The summed E-state index contributed by atoms with van der Waals surface area (Å²) < 4.78 is 47.2. The van der Waals surface area contributed by atoms with Gasteiger partial charge in [-0.15, -0.1) is 0 Å². The number of carboxylic acids is 1. The first-order valence-electron chi connectivity index (χ1n) is 17.1. The molecular formula is C31H49N5O17. The van der Waals surface area contributed by atoms with Crippen LogP contribution in [0.4, 0.5) is 0 Å². The third kappa shape index (κ3) is 7.90. The van der Waals surface area contributed by atoms with Gasteiger partial charge in [-0.2, -0.15) is 0 Å². The molecule has 5 fully saturated rings. The van der Waals surface area contributed by atoms with Crippen LogP contribution in [0.25, 0.3) is 0 Å². The minimum absolute atomic E-state index is 0.0492. The van der Waals surface area contributed by atoms with Gasteiger partial charge >= 0.3 is 5.97 Å². The van der Waals surface area contributed by atoms with Crippen LogP contribution >= 0.6 is 0 Å². The number of benzene rings is 1.